The number of aromatic nitrogens is 2. The molecular formula is C16H13N3O4S. The molecule has 0 aliphatic heterocycles. The quantitative estimate of drug-likeness (QED) is 0.530. The molecule has 0 atom stereocenters. The molecule has 0 spiro atoms. The van der Waals surface area contributed by atoms with Crippen molar-refractivity contribution in [1.29, 1.82) is 0 Å². The highest BCUT2D eigenvalue weighted by atomic mass is 32.2. The van der Waals surface area contributed by atoms with E-state index in [0.29, 0.717) is 33.3 Å². The molecule has 4 aromatic rings. The largest absolute Gasteiger partial charge is 0.494 e. The molecule has 8 heteroatoms. The average molecular weight is 343 g/mol. The molecule has 24 heavy (non-hydrogen) atoms. The highest BCUT2D eigenvalue weighted by molar-refractivity contribution is 7.92. The van der Waals surface area contributed by atoms with Crippen LogP contribution in [0.1, 0.15) is 0 Å². The van der Waals surface area contributed by atoms with Crippen LogP contribution in [-0.4, -0.2) is 29.7 Å². The van der Waals surface area contributed by atoms with Gasteiger partial charge in [0, 0.05) is 16.6 Å². The van der Waals surface area contributed by atoms with E-state index in [2.05, 4.69) is 14.7 Å². The normalized spacial score (nSPS) is 12.0. The second kappa shape index (κ2) is 5.00. The standard InChI is InChI=1S/C16H13N3O4S/c1-24(21,22)19-9-6-7-11-10(8-9)14(15(20)17-11)16-18-12-4-2-3-5-13(12)23-16/h2-8,17,19-20H,1H3. The first-order valence-corrected chi connectivity index (χ1v) is 8.98. The van der Waals surface area contributed by atoms with Gasteiger partial charge in [0.2, 0.25) is 21.8 Å². The number of anilines is 1. The SMILES string of the molecule is CS(=O)(=O)Nc1ccc2[nH]c(O)c(-c3nc4ccccc4o3)c2c1. The summed E-state index contributed by atoms with van der Waals surface area (Å²) < 4.78 is 31.0. The number of H-pyrrole nitrogens is 1. The minimum absolute atomic E-state index is 0.0898. The summed E-state index contributed by atoms with van der Waals surface area (Å²) in [5.41, 5.74) is 2.70. The van der Waals surface area contributed by atoms with E-state index in [4.69, 9.17) is 4.42 Å². The Bertz CT molecular complexity index is 1140. The van der Waals surface area contributed by atoms with Crippen LogP contribution in [0, 0.1) is 0 Å². The van der Waals surface area contributed by atoms with Crippen molar-refractivity contribution in [3.8, 4) is 17.3 Å². The number of nitrogens with one attached hydrogen (secondary N) is 2. The van der Waals surface area contributed by atoms with E-state index < -0.39 is 10.0 Å². The van der Waals surface area contributed by atoms with Crippen LogP contribution in [0.15, 0.2) is 46.9 Å². The molecule has 0 saturated carbocycles. The van der Waals surface area contributed by atoms with E-state index in [9.17, 15) is 13.5 Å². The lowest BCUT2D eigenvalue weighted by Gasteiger charge is -2.03. The van der Waals surface area contributed by atoms with Gasteiger partial charge >= 0.3 is 0 Å². The third kappa shape index (κ3) is 2.46. The molecule has 0 amide bonds. The number of rotatable bonds is 3. The molecule has 122 valence electrons. The van der Waals surface area contributed by atoms with Crippen molar-refractivity contribution in [2.75, 3.05) is 11.0 Å². The van der Waals surface area contributed by atoms with Crippen molar-refractivity contribution in [3.05, 3.63) is 42.5 Å². The maximum atomic E-state index is 11.4. The zero-order valence-corrected chi connectivity index (χ0v) is 13.4. The van der Waals surface area contributed by atoms with Gasteiger partial charge in [0.25, 0.3) is 0 Å². The molecule has 0 fully saturated rings. The van der Waals surface area contributed by atoms with E-state index >= 15 is 0 Å². The van der Waals surface area contributed by atoms with Crippen LogP contribution in [-0.2, 0) is 10.0 Å². The van der Waals surface area contributed by atoms with Crippen LogP contribution >= 0.6 is 0 Å². The first-order chi connectivity index (χ1) is 11.4. The molecule has 0 unspecified atom stereocenters. The lowest BCUT2D eigenvalue weighted by atomic mass is 10.1. The van der Waals surface area contributed by atoms with Crippen LogP contribution in [0.25, 0.3) is 33.5 Å². The molecule has 0 aliphatic carbocycles. The number of hydrogen-bond donors (Lipinski definition) is 3. The summed E-state index contributed by atoms with van der Waals surface area (Å²) in [4.78, 5) is 7.22. The fourth-order valence-electron chi connectivity index (χ4n) is 2.65. The van der Waals surface area contributed by atoms with Crippen molar-refractivity contribution < 1.29 is 17.9 Å². The monoisotopic (exact) mass is 343 g/mol. The predicted molar refractivity (Wildman–Crippen MR) is 91.4 cm³/mol. The topological polar surface area (TPSA) is 108 Å². The Labute approximate surface area is 137 Å². The van der Waals surface area contributed by atoms with Gasteiger partial charge in [0.1, 0.15) is 11.1 Å². The lowest BCUT2D eigenvalue weighted by Crippen LogP contribution is -2.09. The molecule has 2 heterocycles. The van der Waals surface area contributed by atoms with Crippen molar-refractivity contribution in [2.24, 2.45) is 0 Å². The Balaban J connectivity index is 1.93. The Morgan fingerprint density at radius 1 is 1.21 bits per heavy atom. The van der Waals surface area contributed by atoms with Crippen molar-refractivity contribution in [3.63, 3.8) is 0 Å². The smallest absolute Gasteiger partial charge is 0.233 e. The highest BCUT2D eigenvalue weighted by Crippen LogP contribution is 2.38. The van der Waals surface area contributed by atoms with Gasteiger partial charge in [-0.15, -0.1) is 0 Å². The average Bonchev–Trinajstić information content (AvgIpc) is 3.04. The summed E-state index contributed by atoms with van der Waals surface area (Å²) in [7, 11) is -3.40. The maximum absolute atomic E-state index is 11.4. The third-order valence-electron chi connectivity index (χ3n) is 3.59. The van der Waals surface area contributed by atoms with Gasteiger partial charge in [-0.05, 0) is 30.3 Å². The Morgan fingerprint density at radius 3 is 2.75 bits per heavy atom. The van der Waals surface area contributed by atoms with Gasteiger partial charge in [0.05, 0.1) is 6.26 Å². The molecule has 2 aromatic heterocycles. The number of sulfonamides is 1. The number of para-hydroxylation sites is 2. The fraction of sp³-hybridized carbons (Fsp3) is 0.0625. The molecule has 0 saturated heterocycles. The Hall–Kier alpha value is -3.00. The number of fused-ring (bicyclic) bond motifs is 2. The Morgan fingerprint density at radius 2 is 2.00 bits per heavy atom. The van der Waals surface area contributed by atoms with Crippen LogP contribution < -0.4 is 4.72 Å². The van der Waals surface area contributed by atoms with Gasteiger partial charge in [-0.3, -0.25) is 4.72 Å². The molecule has 0 radical (unpaired) electrons. The first-order valence-electron chi connectivity index (χ1n) is 7.09. The lowest BCUT2D eigenvalue weighted by molar-refractivity contribution is 0.457. The van der Waals surface area contributed by atoms with Gasteiger partial charge in [-0.25, -0.2) is 13.4 Å². The molecule has 2 aromatic carbocycles. The molecule has 4 rings (SSSR count). The zero-order valence-electron chi connectivity index (χ0n) is 12.6. The summed E-state index contributed by atoms with van der Waals surface area (Å²) in [6, 6.07) is 12.2. The summed E-state index contributed by atoms with van der Waals surface area (Å²) in [5, 5.41) is 10.8. The van der Waals surface area contributed by atoms with E-state index in [-0.39, 0.29) is 11.8 Å². The number of hydrogen-bond acceptors (Lipinski definition) is 5. The zero-order chi connectivity index (χ0) is 16.9. The number of benzene rings is 2. The Kier molecular flexibility index (Phi) is 3.04. The number of nitrogens with zero attached hydrogens (tertiary/aromatic N) is 1. The number of aromatic hydroxyl groups is 1. The van der Waals surface area contributed by atoms with Gasteiger partial charge in [-0.1, -0.05) is 12.1 Å². The van der Waals surface area contributed by atoms with Crippen LogP contribution in [0.2, 0.25) is 0 Å². The number of aromatic amines is 1. The molecule has 7 nitrogen and oxygen atoms in total. The van der Waals surface area contributed by atoms with Crippen molar-refractivity contribution in [2.45, 2.75) is 0 Å². The molecule has 0 aliphatic rings. The van der Waals surface area contributed by atoms with E-state index in [1.807, 2.05) is 18.2 Å². The van der Waals surface area contributed by atoms with E-state index in [1.54, 1.807) is 24.3 Å². The first kappa shape index (κ1) is 14.6. The predicted octanol–water partition coefficient (Wildman–Crippen LogP) is 3.05. The van der Waals surface area contributed by atoms with Gasteiger partial charge in [0.15, 0.2) is 5.58 Å². The molecular weight excluding hydrogens is 330 g/mol. The summed E-state index contributed by atoms with van der Waals surface area (Å²) in [6.45, 7) is 0. The second-order valence-electron chi connectivity index (χ2n) is 5.47. The number of oxazole rings is 1. The van der Waals surface area contributed by atoms with Crippen LogP contribution in [0.4, 0.5) is 5.69 Å². The minimum Gasteiger partial charge on any atom is -0.494 e. The van der Waals surface area contributed by atoms with E-state index in [1.165, 1.54) is 0 Å². The second-order valence-corrected chi connectivity index (χ2v) is 7.22. The third-order valence-corrected chi connectivity index (χ3v) is 4.20. The van der Waals surface area contributed by atoms with Crippen LogP contribution in [0.3, 0.4) is 0 Å². The minimum atomic E-state index is -3.40. The van der Waals surface area contributed by atoms with Crippen molar-refractivity contribution >= 4 is 37.7 Å². The maximum Gasteiger partial charge on any atom is 0.233 e. The van der Waals surface area contributed by atoms with Crippen molar-refractivity contribution in [1.82, 2.24) is 9.97 Å². The van der Waals surface area contributed by atoms with Gasteiger partial charge in [-0.2, -0.15) is 0 Å². The van der Waals surface area contributed by atoms with Gasteiger partial charge < -0.3 is 14.5 Å². The summed E-state index contributed by atoms with van der Waals surface area (Å²) in [6.07, 6.45) is 1.08. The van der Waals surface area contributed by atoms with Crippen LogP contribution in [0.5, 0.6) is 5.88 Å². The summed E-state index contributed by atoms with van der Waals surface area (Å²) in [5.74, 6) is 0.171. The fourth-order valence-corrected chi connectivity index (χ4v) is 3.21. The van der Waals surface area contributed by atoms with E-state index in [0.717, 1.165) is 6.26 Å². The molecule has 0 bridgehead atoms. The highest BCUT2D eigenvalue weighted by Gasteiger charge is 2.19. The molecule has 3 N–H and O–H groups in total. The summed E-state index contributed by atoms with van der Waals surface area (Å²) >= 11 is 0.